The summed E-state index contributed by atoms with van der Waals surface area (Å²) in [4.78, 5) is 6.78. The van der Waals surface area contributed by atoms with Gasteiger partial charge >= 0.3 is 0 Å². The molecule has 0 saturated heterocycles. The number of rotatable bonds is 13. The van der Waals surface area contributed by atoms with Crippen molar-refractivity contribution in [2.75, 3.05) is 53.6 Å². The predicted molar refractivity (Wildman–Crippen MR) is 105 cm³/mol. The largest absolute Gasteiger partial charge is 0.488 e. The average Bonchev–Trinajstić information content (AvgIpc) is 2.65. The van der Waals surface area contributed by atoms with Gasteiger partial charge in [-0.3, -0.25) is 0 Å². The Bertz CT molecular complexity index is 544. The van der Waals surface area contributed by atoms with Crippen molar-refractivity contribution in [3.05, 3.63) is 29.8 Å². The van der Waals surface area contributed by atoms with Crippen LogP contribution in [0, 0.1) is 0 Å². The quantitative estimate of drug-likeness (QED) is 0.310. The van der Waals surface area contributed by atoms with E-state index in [0.29, 0.717) is 12.3 Å². The number of aliphatic imine (C=N–C) groups is 1. The van der Waals surface area contributed by atoms with Crippen LogP contribution in [0.3, 0.4) is 0 Å². The maximum atomic E-state index is 12.2. The van der Waals surface area contributed by atoms with Gasteiger partial charge in [0, 0.05) is 39.9 Å². The molecule has 154 valence electrons. The standard InChI is InChI=1S/C19H32F2N4O2/c1-4-22-19(23-9-11-25(2)10-6-12-26-3)24-14-16-7-5-8-17(13-16)27-15-18(20)21/h5,7-8,13,18H,4,6,9-12,14-15H2,1-3H3,(H2,22,23,24). The summed E-state index contributed by atoms with van der Waals surface area (Å²) >= 11 is 0. The van der Waals surface area contributed by atoms with Crippen LogP contribution in [0.25, 0.3) is 0 Å². The zero-order valence-corrected chi connectivity index (χ0v) is 16.5. The number of ether oxygens (including phenoxy) is 2. The molecule has 2 N–H and O–H groups in total. The molecule has 6 nitrogen and oxygen atoms in total. The Hall–Kier alpha value is -1.93. The van der Waals surface area contributed by atoms with Crippen LogP contribution in [-0.4, -0.2) is 70.8 Å². The predicted octanol–water partition coefficient (Wildman–Crippen LogP) is 2.35. The van der Waals surface area contributed by atoms with Gasteiger partial charge in [-0.2, -0.15) is 0 Å². The fraction of sp³-hybridized carbons (Fsp3) is 0.632. The van der Waals surface area contributed by atoms with Crippen LogP contribution in [0.4, 0.5) is 8.78 Å². The molecule has 0 fully saturated rings. The third-order valence-corrected chi connectivity index (χ3v) is 3.71. The van der Waals surface area contributed by atoms with Crippen LogP contribution in [0.5, 0.6) is 5.75 Å². The molecule has 0 atom stereocenters. The number of benzene rings is 1. The molecule has 8 heteroatoms. The number of guanidine groups is 1. The van der Waals surface area contributed by atoms with Gasteiger partial charge in [-0.25, -0.2) is 13.8 Å². The first kappa shape index (κ1) is 23.1. The van der Waals surface area contributed by atoms with E-state index in [1.54, 1.807) is 25.3 Å². The Labute approximate surface area is 160 Å². The number of nitrogens with one attached hydrogen (secondary N) is 2. The number of nitrogens with zero attached hydrogens (tertiary/aromatic N) is 2. The van der Waals surface area contributed by atoms with E-state index in [1.807, 2.05) is 13.0 Å². The second kappa shape index (κ2) is 14.2. The fourth-order valence-electron chi connectivity index (χ4n) is 2.36. The molecule has 0 amide bonds. The minimum atomic E-state index is -2.48. The molecule has 0 aliphatic heterocycles. The summed E-state index contributed by atoms with van der Waals surface area (Å²) in [5, 5.41) is 6.51. The highest BCUT2D eigenvalue weighted by Gasteiger charge is 2.04. The van der Waals surface area contributed by atoms with Crippen molar-refractivity contribution in [1.82, 2.24) is 15.5 Å². The molecule has 1 aromatic rings. The smallest absolute Gasteiger partial charge is 0.272 e. The fourth-order valence-corrected chi connectivity index (χ4v) is 2.36. The summed E-state index contributed by atoms with van der Waals surface area (Å²) in [6.45, 7) is 6.01. The summed E-state index contributed by atoms with van der Waals surface area (Å²) in [5.74, 6) is 1.15. The lowest BCUT2D eigenvalue weighted by molar-refractivity contribution is 0.0818. The van der Waals surface area contributed by atoms with Gasteiger partial charge in [0.25, 0.3) is 6.43 Å². The topological polar surface area (TPSA) is 58.1 Å². The lowest BCUT2D eigenvalue weighted by Gasteiger charge is -2.18. The molecule has 0 aliphatic rings. The van der Waals surface area contributed by atoms with Crippen molar-refractivity contribution in [1.29, 1.82) is 0 Å². The Morgan fingerprint density at radius 2 is 2.07 bits per heavy atom. The first-order valence-electron chi connectivity index (χ1n) is 9.24. The highest BCUT2D eigenvalue weighted by Crippen LogP contribution is 2.14. The van der Waals surface area contributed by atoms with E-state index >= 15 is 0 Å². The van der Waals surface area contributed by atoms with Gasteiger partial charge in [0.1, 0.15) is 12.4 Å². The van der Waals surface area contributed by atoms with Crippen molar-refractivity contribution < 1.29 is 18.3 Å². The van der Waals surface area contributed by atoms with E-state index in [2.05, 4.69) is 27.6 Å². The number of halogens is 2. The summed E-state index contributed by atoms with van der Waals surface area (Å²) < 4.78 is 34.6. The van der Waals surface area contributed by atoms with Gasteiger partial charge in [0.2, 0.25) is 0 Å². The maximum Gasteiger partial charge on any atom is 0.272 e. The van der Waals surface area contributed by atoms with E-state index in [-0.39, 0.29) is 0 Å². The van der Waals surface area contributed by atoms with Crippen molar-refractivity contribution in [2.45, 2.75) is 26.3 Å². The minimum Gasteiger partial charge on any atom is -0.488 e. The third kappa shape index (κ3) is 11.4. The Morgan fingerprint density at radius 1 is 1.26 bits per heavy atom. The van der Waals surface area contributed by atoms with Crippen molar-refractivity contribution in [2.24, 2.45) is 4.99 Å². The van der Waals surface area contributed by atoms with E-state index in [9.17, 15) is 8.78 Å². The number of methoxy groups -OCH3 is 1. The van der Waals surface area contributed by atoms with Crippen LogP contribution in [0.2, 0.25) is 0 Å². The SMILES string of the molecule is CCNC(=NCc1cccc(OCC(F)F)c1)NCCN(C)CCCOC. The number of hydrogen-bond donors (Lipinski definition) is 2. The van der Waals surface area contributed by atoms with E-state index in [1.165, 1.54) is 0 Å². The van der Waals surface area contributed by atoms with Crippen LogP contribution < -0.4 is 15.4 Å². The third-order valence-electron chi connectivity index (χ3n) is 3.71. The second-order valence-corrected chi connectivity index (χ2v) is 6.12. The molecule has 0 heterocycles. The summed E-state index contributed by atoms with van der Waals surface area (Å²) in [6.07, 6.45) is -1.48. The first-order valence-corrected chi connectivity index (χ1v) is 9.24. The van der Waals surface area contributed by atoms with Crippen LogP contribution >= 0.6 is 0 Å². The van der Waals surface area contributed by atoms with Crippen molar-refractivity contribution in [3.63, 3.8) is 0 Å². The lowest BCUT2D eigenvalue weighted by atomic mass is 10.2. The average molecular weight is 386 g/mol. The van der Waals surface area contributed by atoms with E-state index in [4.69, 9.17) is 9.47 Å². The van der Waals surface area contributed by atoms with Crippen molar-refractivity contribution in [3.8, 4) is 5.75 Å². The number of hydrogen-bond acceptors (Lipinski definition) is 4. The monoisotopic (exact) mass is 386 g/mol. The summed E-state index contributed by atoms with van der Waals surface area (Å²) in [6, 6.07) is 7.07. The Kier molecular flexibility index (Phi) is 12.1. The molecule has 0 saturated carbocycles. The van der Waals surface area contributed by atoms with Crippen LogP contribution in [0.15, 0.2) is 29.3 Å². The first-order chi connectivity index (χ1) is 13.0. The molecule has 0 aromatic heterocycles. The normalized spacial score (nSPS) is 11.9. The van der Waals surface area contributed by atoms with Gasteiger partial charge in [-0.15, -0.1) is 0 Å². The molecule has 0 unspecified atom stereocenters. The van der Waals surface area contributed by atoms with E-state index in [0.717, 1.165) is 50.7 Å². The summed E-state index contributed by atoms with van der Waals surface area (Å²) in [5.41, 5.74) is 0.899. The molecular formula is C19H32F2N4O2. The van der Waals surface area contributed by atoms with Gasteiger partial charge in [0.05, 0.1) is 6.54 Å². The zero-order chi connectivity index (χ0) is 19.9. The molecule has 0 radical (unpaired) electrons. The van der Waals surface area contributed by atoms with Gasteiger partial charge in [-0.05, 0) is 38.1 Å². The number of likely N-dealkylation sites (N-methyl/N-ethyl adjacent to an activating group) is 1. The Balaban J connectivity index is 2.47. The minimum absolute atomic E-state index is 0.429. The highest BCUT2D eigenvalue weighted by atomic mass is 19.3. The zero-order valence-electron chi connectivity index (χ0n) is 16.5. The molecule has 1 aromatic carbocycles. The van der Waals surface area contributed by atoms with Crippen LogP contribution in [-0.2, 0) is 11.3 Å². The van der Waals surface area contributed by atoms with Crippen molar-refractivity contribution >= 4 is 5.96 Å². The molecule has 1 rings (SSSR count). The lowest BCUT2D eigenvalue weighted by Crippen LogP contribution is -2.41. The maximum absolute atomic E-state index is 12.2. The number of alkyl halides is 2. The van der Waals surface area contributed by atoms with Gasteiger partial charge in [0.15, 0.2) is 5.96 Å². The van der Waals surface area contributed by atoms with Gasteiger partial charge in [-0.1, -0.05) is 12.1 Å². The second-order valence-electron chi connectivity index (χ2n) is 6.12. The molecule has 0 spiro atoms. The molecule has 0 aliphatic carbocycles. The molecule has 27 heavy (non-hydrogen) atoms. The summed E-state index contributed by atoms with van der Waals surface area (Å²) in [7, 11) is 3.79. The molecular weight excluding hydrogens is 354 g/mol. The highest BCUT2D eigenvalue weighted by molar-refractivity contribution is 5.79. The molecule has 0 bridgehead atoms. The van der Waals surface area contributed by atoms with E-state index < -0.39 is 13.0 Å². The van der Waals surface area contributed by atoms with Crippen LogP contribution in [0.1, 0.15) is 18.9 Å². The van der Waals surface area contributed by atoms with Gasteiger partial charge < -0.3 is 25.0 Å². The Morgan fingerprint density at radius 3 is 2.78 bits per heavy atom.